The standard InChI is InChI=1S/C10H12ClN3S/c11-10-4-2-9(3-5-10)8-15-7-1-6-13-14-12/h2-5H,1,6-8H2. The van der Waals surface area contributed by atoms with Crippen molar-refractivity contribution >= 4 is 23.4 Å². The van der Waals surface area contributed by atoms with Gasteiger partial charge in [0.05, 0.1) is 0 Å². The van der Waals surface area contributed by atoms with E-state index in [4.69, 9.17) is 17.1 Å². The van der Waals surface area contributed by atoms with Crippen molar-refractivity contribution in [3.63, 3.8) is 0 Å². The Morgan fingerprint density at radius 2 is 2.07 bits per heavy atom. The van der Waals surface area contributed by atoms with Crippen LogP contribution in [0.15, 0.2) is 29.4 Å². The zero-order chi connectivity index (χ0) is 10.9. The maximum absolute atomic E-state index is 8.07. The quantitative estimate of drug-likeness (QED) is 0.317. The maximum atomic E-state index is 8.07. The summed E-state index contributed by atoms with van der Waals surface area (Å²) in [7, 11) is 0. The number of hydrogen-bond donors (Lipinski definition) is 0. The van der Waals surface area contributed by atoms with Crippen LogP contribution in [0.3, 0.4) is 0 Å². The fourth-order valence-corrected chi connectivity index (χ4v) is 2.08. The molecule has 3 nitrogen and oxygen atoms in total. The molecule has 0 saturated carbocycles. The predicted molar refractivity (Wildman–Crippen MR) is 66.2 cm³/mol. The molecule has 0 aliphatic carbocycles. The van der Waals surface area contributed by atoms with Crippen LogP contribution in [-0.2, 0) is 5.75 Å². The Balaban J connectivity index is 2.15. The summed E-state index contributed by atoms with van der Waals surface area (Å²) in [4.78, 5) is 2.70. The molecule has 1 aromatic carbocycles. The Bertz CT molecular complexity index is 333. The highest BCUT2D eigenvalue weighted by Crippen LogP contribution is 2.15. The van der Waals surface area contributed by atoms with Crippen LogP contribution in [-0.4, -0.2) is 12.3 Å². The van der Waals surface area contributed by atoms with E-state index in [1.54, 1.807) is 0 Å². The van der Waals surface area contributed by atoms with Crippen LogP contribution in [0.5, 0.6) is 0 Å². The lowest BCUT2D eigenvalue weighted by Gasteiger charge is -2.00. The van der Waals surface area contributed by atoms with Crippen molar-refractivity contribution in [1.29, 1.82) is 0 Å². The highest BCUT2D eigenvalue weighted by Gasteiger charge is 1.93. The van der Waals surface area contributed by atoms with Gasteiger partial charge in [-0.2, -0.15) is 11.8 Å². The summed E-state index contributed by atoms with van der Waals surface area (Å²) in [5.41, 5.74) is 9.34. The predicted octanol–water partition coefficient (Wildman–Crippen LogP) is 4.27. The second-order valence-electron chi connectivity index (χ2n) is 2.99. The van der Waals surface area contributed by atoms with E-state index in [9.17, 15) is 0 Å². The molecule has 0 aromatic heterocycles. The van der Waals surface area contributed by atoms with Crippen LogP contribution >= 0.6 is 23.4 Å². The Hall–Kier alpha value is -0.830. The summed E-state index contributed by atoms with van der Waals surface area (Å²) in [5, 5.41) is 4.25. The summed E-state index contributed by atoms with van der Waals surface area (Å²) in [5.74, 6) is 2.00. The van der Waals surface area contributed by atoms with Crippen LogP contribution in [0.1, 0.15) is 12.0 Å². The minimum atomic E-state index is 0.587. The number of hydrogen-bond acceptors (Lipinski definition) is 2. The number of halogens is 1. The van der Waals surface area contributed by atoms with E-state index in [1.807, 2.05) is 36.0 Å². The summed E-state index contributed by atoms with van der Waals surface area (Å²) in [6, 6.07) is 7.86. The van der Waals surface area contributed by atoms with Gasteiger partial charge in [0.2, 0.25) is 0 Å². The van der Waals surface area contributed by atoms with Gasteiger partial charge < -0.3 is 0 Å². The first-order valence-electron chi connectivity index (χ1n) is 4.66. The molecule has 15 heavy (non-hydrogen) atoms. The van der Waals surface area contributed by atoms with E-state index in [1.165, 1.54) is 5.56 Å². The van der Waals surface area contributed by atoms with E-state index < -0.39 is 0 Å². The van der Waals surface area contributed by atoms with Gasteiger partial charge in [-0.05, 0) is 35.4 Å². The first-order valence-corrected chi connectivity index (χ1v) is 6.19. The average molecular weight is 242 g/mol. The zero-order valence-corrected chi connectivity index (χ0v) is 9.84. The monoisotopic (exact) mass is 241 g/mol. The third-order valence-corrected chi connectivity index (χ3v) is 3.16. The van der Waals surface area contributed by atoms with Crippen molar-refractivity contribution in [1.82, 2.24) is 0 Å². The van der Waals surface area contributed by atoms with Gasteiger partial charge in [-0.3, -0.25) is 0 Å². The molecule has 0 N–H and O–H groups in total. The summed E-state index contributed by atoms with van der Waals surface area (Å²) < 4.78 is 0. The molecule has 80 valence electrons. The second kappa shape index (κ2) is 7.46. The van der Waals surface area contributed by atoms with E-state index in [0.717, 1.165) is 22.9 Å². The molecule has 0 atom stereocenters. The Labute approximate surface area is 98.5 Å². The summed E-state index contributed by atoms with van der Waals surface area (Å²) >= 11 is 7.61. The van der Waals surface area contributed by atoms with Gasteiger partial charge in [-0.1, -0.05) is 28.8 Å². The lowest BCUT2D eigenvalue weighted by atomic mass is 10.2. The highest BCUT2D eigenvalue weighted by molar-refractivity contribution is 7.98. The molecule has 0 spiro atoms. The van der Waals surface area contributed by atoms with E-state index in [0.29, 0.717) is 6.54 Å². The molecule has 1 rings (SSSR count). The average Bonchev–Trinajstić information content (AvgIpc) is 2.26. The molecule has 5 heteroatoms. The Morgan fingerprint density at radius 1 is 1.33 bits per heavy atom. The van der Waals surface area contributed by atoms with E-state index in [2.05, 4.69) is 10.0 Å². The molecule has 0 fully saturated rings. The minimum Gasteiger partial charge on any atom is -0.157 e. The van der Waals surface area contributed by atoms with Crippen LogP contribution in [0.2, 0.25) is 5.02 Å². The first-order chi connectivity index (χ1) is 7.33. The van der Waals surface area contributed by atoms with Crippen LogP contribution in [0.4, 0.5) is 0 Å². The van der Waals surface area contributed by atoms with E-state index >= 15 is 0 Å². The third kappa shape index (κ3) is 5.57. The smallest absolute Gasteiger partial charge is 0.0406 e. The van der Waals surface area contributed by atoms with E-state index in [-0.39, 0.29) is 0 Å². The molecule has 0 bridgehead atoms. The number of rotatable bonds is 6. The van der Waals surface area contributed by atoms with Crippen molar-refractivity contribution in [3.8, 4) is 0 Å². The highest BCUT2D eigenvalue weighted by atomic mass is 35.5. The van der Waals surface area contributed by atoms with Crippen molar-refractivity contribution in [2.24, 2.45) is 5.11 Å². The van der Waals surface area contributed by atoms with Crippen LogP contribution in [0.25, 0.3) is 10.4 Å². The topological polar surface area (TPSA) is 48.8 Å². The molecule has 0 aliphatic rings. The summed E-state index contributed by atoms with van der Waals surface area (Å²) in [6.45, 7) is 0.587. The minimum absolute atomic E-state index is 0.587. The molecular weight excluding hydrogens is 230 g/mol. The molecule has 0 amide bonds. The van der Waals surface area contributed by atoms with Gasteiger partial charge in [0.1, 0.15) is 0 Å². The third-order valence-electron chi connectivity index (χ3n) is 1.79. The van der Waals surface area contributed by atoms with Gasteiger partial charge >= 0.3 is 0 Å². The van der Waals surface area contributed by atoms with Gasteiger partial charge in [0.15, 0.2) is 0 Å². The number of nitrogens with zero attached hydrogens (tertiary/aromatic N) is 3. The van der Waals surface area contributed by atoms with Crippen molar-refractivity contribution < 1.29 is 0 Å². The zero-order valence-electron chi connectivity index (χ0n) is 8.27. The van der Waals surface area contributed by atoms with Gasteiger partial charge in [-0.25, -0.2) is 0 Å². The van der Waals surface area contributed by atoms with Crippen molar-refractivity contribution in [2.45, 2.75) is 12.2 Å². The van der Waals surface area contributed by atoms with Crippen molar-refractivity contribution in [3.05, 3.63) is 45.3 Å². The molecule has 0 radical (unpaired) electrons. The van der Waals surface area contributed by atoms with Gasteiger partial charge in [-0.15, -0.1) is 0 Å². The number of benzene rings is 1. The molecule has 0 saturated heterocycles. The molecule has 1 aromatic rings. The number of azide groups is 1. The molecule has 0 unspecified atom stereocenters. The first kappa shape index (κ1) is 12.2. The van der Waals surface area contributed by atoms with Crippen molar-refractivity contribution in [2.75, 3.05) is 12.3 Å². The largest absolute Gasteiger partial charge is 0.157 e. The lowest BCUT2D eigenvalue weighted by Crippen LogP contribution is -1.85. The van der Waals surface area contributed by atoms with Gasteiger partial charge in [0, 0.05) is 22.2 Å². The molecule has 0 heterocycles. The maximum Gasteiger partial charge on any atom is 0.0406 e. The Morgan fingerprint density at radius 3 is 2.73 bits per heavy atom. The summed E-state index contributed by atoms with van der Waals surface area (Å²) in [6.07, 6.45) is 0.933. The van der Waals surface area contributed by atoms with Crippen LogP contribution < -0.4 is 0 Å². The molecule has 0 aliphatic heterocycles. The second-order valence-corrected chi connectivity index (χ2v) is 4.53. The fourth-order valence-electron chi connectivity index (χ4n) is 1.05. The fraction of sp³-hybridized carbons (Fsp3) is 0.400. The Kier molecular flexibility index (Phi) is 6.09. The number of thioether (sulfide) groups is 1. The van der Waals surface area contributed by atoms with Crippen LogP contribution in [0, 0.1) is 0 Å². The normalized spacial score (nSPS) is 9.67. The molecular formula is C10H12ClN3S. The SMILES string of the molecule is [N-]=[N+]=NCCCSCc1ccc(Cl)cc1. The van der Waals surface area contributed by atoms with Gasteiger partial charge in [0.25, 0.3) is 0 Å². The lowest BCUT2D eigenvalue weighted by molar-refractivity contribution is 0.931.